The van der Waals surface area contributed by atoms with Crippen LogP contribution in [0.2, 0.25) is 0 Å². The van der Waals surface area contributed by atoms with Crippen molar-refractivity contribution < 1.29 is 28.6 Å². The zero-order valence-corrected chi connectivity index (χ0v) is 49.9. The van der Waals surface area contributed by atoms with Crippen molar-refractivity contribution in [3.8, 4) is 0 Å². The fraction of sp³-hybridized carbons (Fsp3) is 0.868. The minimum absolute atomic E-state index is 0.0703. The van der Waals surface area contributed by atoms with Crippen molar-refractivity contribution in [2.75, 3.05) is 13.2 Å². The van der Waals surface area contributed by atoms with E-state index in [1.165, 1.54) is 250 Å². The Balaban J connectivity index is 4.06. The number of hydrogen-bond acceptors (Lipinski definition) is 6. The lowest BCUT2D eigenvalue weighted by Gasteiger charge is -2.18. The van der Waals surface area contributed by atoms with E-state index in [0.717, 1.165) is 70.6 Å². The van der Waals surface area contributed by atoms with E-state index in [1.807, 2.05) is 0 Å². The van der Waals surface area contributed by atoms with Crippen molar-refractivity contribution in [3.05, 3.63) is 36.5 Å². The number of carbonyl (C=O) groups is 3. The van der Waals surface area contributed by atoms with Gasteiger partial charge in [-0.3, -0.25) is 14.4 Å². The standard InChI is InChI=1S/C68H126O6/c1-4-7-10-13-16-19-21-23-25-27-28-29-30-31-32-33-34-35-36-37-38-39-40-41-43-44-46-49-52-55-58-61-67(70)73-64-65(63-72-66(69)60-57-54-51-48-18-15-12-9-6-3)74-68(71)62-59-56-53-50-47-45-42-26-24-22-20-17-14-11-8-5-2/h21,23,26-28,42,65H,4-20,22,24-25,29-41,43-64H2,1-3H3/b23-21-,28-27-,42-26-. The van der Waals surface area contributed by atoms with Crippen molar-refractivity contribution in [2.45, 2.75) is 367 Å². The number of allylic oxidation sites excluding steroid dienone is 6. The Morgan fingerprint density at radius 3 is 0.757 bits per heavy atom. The molecule has 1 atom stereocenters. The molecular weight excluding hydrogens is 913 g/mol. The predicted molar refractivity (Wildman–Crippen MR) is 321 cm³/mol. The van der Waals surface area contributed by atoms with E-state index < -0.39 is 6.10 Å². The number of rotatable bonds is 61. The molecule has 6 nitrogen and oxygen atoms in total. The van der Waals surface area contributed by atoms with E-state index in [9.17, 15) is 14.4 Å². The van der Waals surface area contributed by atoms with Gasteiger partial charge in [0.05, 0.1) is 0 Å². The first-order chi connectivity index (χ1) is 36.5. The molecule has 1 unspecified atom stereocenters. The summed E-state index contributed by atoms with van der Waals surface area (Å²) in [6, 6.07) is 0. The maximum absolute atomic E-state index is 12.8. The Morgan fingerprint density at radius 2 is 0.486 bits per heavy atom. The van der Waals surface area contributed by atoms with Gasteiger partial charge in [-0.2, -0.15) is 0 Å². The molecule has 0 radical (unpaired) electrons. The molecule has 0 aromatic carbocycles. The molecule has 0 aromatic heterocycles. The van der Waals surface area contributed by atoms with Gasteiger partial charge in [0.2, 0.25) is 0 Å². The van der Waals surface area contributed by atoms with E-state index in [1.54, 1.807) is 0 Å². The highest BCUT2D eigenvalue weighted by atomic mass is 16.6. The summed E-state index contributed by atoms with van der Waals surface area (Å²) < 4.78 is 16.9. The van der Waals surface area contributed by atoms with Crippen LogP contribution in [0.3, 0.4) is 0 Å². The summed E-state index contributed by atoms with van der Waals surface area (Å²) in [4.78, 5) is 38.1. The molecule has 0 aliphatic carbocycles. The van der Waals surface area contributed by atoms with Crippen molar-refractivity contribution in [3.63, 3.8) is 0 Å². The summed E-state index contributed by atoms with van der Waals surface area (Å²) in [5.41, 5.74) is 0. The van der Waals surface area contributed by atoms with Crippen LogP contribution in [-0.2, 0) is 28.6 Å². The predicted octanol–water partition coefficient (Wildman–Crippen LogP) is 22.4. The van der Waals surface area contributed by atoms with Gasteiger partial charge in [0.15, 0.2) is 6.10 Å². The minimum atomic E-state index is -0.771. The molecule has 0 aromatic rings. The van der Waals surface area contributed by atoms with Crippen molar-refractivity contribution in [1.29, 1.82) is 0 Å². The lowest BCUT2D eigenvalue weighted by atomic mass is 10.0. The Morgan fingerprint density at radius 1 is 0.270 bits per heavy atom. The third-order valence-corrected chi connectivity index (χ3v) is 14.9. The molecule has 0 N–H and O–H groups in total. The Kier molecular flexibility index (Phi) is 61.1. The number of carbonyl (C=O) groups excluding carboxylic acids is 3. The molecule has 0 aliphatic heterocycles. The van der Waals surface area contributed by atoms with Gasteiger partial charge in [-0.25, -0.2) is 0 Å². The Labute approximate surface area is 461 Å². The lowest BCUT2D eigenvalue weighted by Crippen LogP contribution is -2.30. The SMILES string of the molecule is CCCCCCC/C=C\C/C=C\CCCCCCCCCCCCCCCCCCCCCC(=O)OCC(COC(=O)CCCCCCCCCCC)OC(=O)CCCCCCC/C=C\CCCCCCCCC. The summed E-state index contributed by atoms with van der Waals surface area (Å²) >= 11 is 0. The van der Waals surface area contributed by atoms with E-state index >= 15 is 0 Å². The zero-order chi connectivity index (χ0) is 53.6. The summed E-state index contributed by atoms with van der Waals surface area (Å²) in [7, 11) is 0. The largest absolute Gasteiger partial charge is 0.462 e. The van der Waals surface area contributed by atoms with Gasteiger partial charge in [0, 0.05) is 19.3 Å². The van der Waals surface area contributed by atoms with Gasteiger partial charge in [0.1, 0.15) is 13.2 Å². The first-order valence-electron chi connectivity index (χ1n) is 33.0. The molecule has 0 spiro atoms. The molecule has 0 saturated heterocycles. The van der Waals surface area contributed by atoms with Crippen LogP contribution in [0, 0.1) is 0 Å². The highest BCUT2D eigenvalue weighted by Crippen LogP contribution is 2.18. The molecular formula is C68H126O6. The molecule has 0 bridgehead atoms. The van der Waals surface area contributed by atoms with Crippen molar-refractivity contribution >= 4 is 17.9 Å². The second kappa shape index (κ2) is 63.2. The summed E-state index contributed by atoms with van der Waals surface area (Å²) in [6.45, 7) is 6.65. The average Bonchev–Trinajstić information content (AvgIpc) is 3.40. The van der Waals surface area contributed by atoms with Crippen molar-refractivity contribution in [2.24, 2.45) is 0 Å². The van der Waals surface area contributed by atoms with Crippen LogP contribution in [0.5, 0.6) is 0 Å². The maximum Gasteiger partial charge on any atom is 0.306 e. The number of esters is 3. The first-order valence-corrected chi connectivity index (χ1v) is 33.0. The third-order valence-electron chi connectivity index (χ3n) is 14.9. The third kappa shape index (κ3) is 60.5. The highest BCUT2D eigenvalue weighted by molar-refractivity contribution is 5.71. The van der Waals surface area contributed by atoms with Gasteiger partial charge >= 0.3 is 17.9 Å². The maximum atomic E-state index is 12.8. The molecule has 6 heteroatoms. The summed E-state index contributed by atoms with van der Waals surface area (Å²) in [5, 5.41) is 0. The van der Waals surface area contributed by atoms with Crippen LogP contribution in [0.15, 0.2) is 36.5 Å². The van der Waals surface area contributed by atoms with Gasteiger partial charge in [0.25, 0.3) is 0 Å². The van der Waals surface area contributed by atoms with Gasteiger partial charge in [-0.1, -0.05) is 301 Å². The van der Waals surface area contributed by atoms with E-state index in [-0.39, 0.29) is 31.1 Å². The fourth-order valence-electron chi connectivity index (χ4n) is 9.88. The second-order valence-corrected chi connectivity index (χ2v) is 22.4. The van der Waals surface area contributed by atoms with Crippen LogP contribution < -0.4 is 0 Å². The first kappa shape index (κ1) is 71.6. The average molecular weight is 1040 g/mol. The molecule has 74 heavy (non-hydrogen) atoms. The zero-order valence-electron chi connectivity index (χ0n) is 49.9. The molecule has 0 heterocycles. The number of hydrogen-bond donors (Lipinski definition) is 0. The molecule has 0 aliphatic rings. The second-order valence-electron chi connectivity index (χ2n) is 22.4. The quantitative estimate of drug-likeness (QED) is 0.0261. The molecule has 0 saturated carbocycles. The van der Waals surface area contributed by atoms with Gasteiger partial charge in [-0.05, 0) is 77.0 Å². The Hall–Kier alpha value is -2.37. The van der Waals surface area contributed by atoms with Gasteiger partial charge < -0.3 is 14.2 Å². The monoisotopic (exact) mass is 1040 g/mol. The minimum Gasteiger partial charge on any atom is -0.462 e. The van der Waals surface area contributed by atoms with Crippen molar-refractivity contribution in [1.82, 2.24) is 0 Å². The normalized spacial score (nSPS) is 12.2. The fourth-order valence-corrected chi connectivity index (χ4v) is 9.88. The topological polar surface area (TPSA) is 78.9 Å². The molecule has 434 valence electrons. The molecule has 0 amide bonds. The number of unbranched alkanes of at least 4 members (excludes halogenated alkanes) is 44. The Bertz CT molecular complexity index is 1240. The smallest absolute Gasteiger partial charge is 0.306 e. The summed E-state index contributed by atoms with van der Waals surface area (Å²) in [5.74, 6) is -0.860. The highest BCUT2D eigenvalue weighted by Gasteiger charge is 2.19. The number of ether oxygens (including phenoxy) is 3. The van der Waals surface area contributed by atoms with Crippen LogP contribution in [0.4, 0.5) is 0 Å². The summed E-state index contributed by atoms with van der Waals surface area (Å²) in [6.07, 6.45) is 77.5. The molecule has 0 rings (SSSR count). The van der Waals surface area contributed by atoms with Gasteiger partial charge in [-0.15, -0.1) is 0 Å². The van der Waals surface area contributed by atoms with Crippen LogP contribution >= 0.6 is 0 Å². The molecule has 0 fully saturated rings. The lowest BCUT2D eigenvalue weighted by molar-refractivity contribution is -0.167. The van der Waals surface area contributed by atoms with E-state index in [2.05, 4.69) is 57.2 Å². The van der Waals surface area contributed by atoms with E-state index in [4.69, 9.17) is 14.2 Å². The van der Waals surface area contributed by atoms with Crippen LogP contribution in [-0.4, -0.2) is 37.2 Å². The van der Waals surface area contributed by atoms with E-state index in [0.29, 0.717) is 19.3 Å². The van der Waals surface area contributed by atoms with Crippen LogP contribution in [0.1, 0.15) is 361 Å². The van der Waals surface area contributed by atoms with Crippen LogP contribution in [0.25, 0.3) is 0 Å².